The Kier molecular flexibility index (Phi) is 4.48. The molecule has 1 saturated heterocycles. The first-order valence-corrected chi connectivity index (χ1v) is 8.07. The maximum absolute atomic E-state index is 12.1. The third-order valence-electron chi connectivity index (χ3n) is 3.32. The van der Waals surface area contributed by atoms with Crippen molar-refractivity contribution in [2.24, 2.45) is 0 Å². The van der Waals surface area contributed by atoms with Crippen LogP contribution in [0, 0.1) is 0 Å². The molecule has 5 heteroatoms. The smallest absolute Gasteiger partial charge is 0.293 e. The highest BCUT2D eigenvalue weighted by molar-refractivity contribution is 8.18. The topological polar surface area (TPSA) is 46.6 Å². The van der Waals surface area contributed by atoms with Gasteiger partial charge in [0.15, 0.2) is 0 Å². The predicted octanol–water partition coefficient (Wildman–Crippen LogP) is 4.54. The summed E-state index contributed by atoms with van der Waals surface area (Å²) in [6.45, 7) is 2.17. The Morgan fingerprint density at radius 1 is 1.04 bits per heavy atom. The standard InChI is InChI=1S/C18H15NO3S/c1-2-19-17(20)16(23-18(19)21)12-13-7-6-10-15(11-13)22-14-8-4-3-5-9-14/h3-12H,2H2,1H3/b16-12-. The van der Waals surface area contributed by atoms with E-state index in [1.54, 1.807) is 13.0 Å². The van der Waals surface area contributed by atoms with Crippen LogP contribution in [-0.2, 0) is 4.79 Å². The summed E-state index contributed by atoms with van der Waals surface area (Å²) in [4.78, 5) is 25.5. The zero-order valence-corrected chi connectivity index (χ0v) is 13.4. The number of carbonyl (C=O) groups is 2. The maximum atomic E-state index is 12.1. The van der Waals surface area contributed by atoms with Crippen LogP contribution in [0.25, 0.3) is 6.08 Å². The van der Waals surface area contributed by atoms with Crippen LogP contribution in [0.1, 0.15) is 12.5 Å². The molecule has 4 nitrogen and oxygen atoms in total. The molecule has 2 aromatic rings. The highest BCUT2D eigenvalue weighted by atomic mass is 32.2. The number of hydrogen-bond acceptors (Lipinski definition) is 4. The van der Waals surface area contributed by atoms with E-state index in [9.17, 15) is 9.59 Å². The van der Waals surface area contributed by atoms with Gasteiger partial charge in [0.05, 0.1) is 4.91 Å². The molecule has 1 fully saturated rings. The number of para-hydroxylation sites is 1. The first kappa shape index (κ1) is 15.4. The van der Waals surface area contributed by atoms with Crippen LogP contribution in [-0.4, -0.2) is 22.6 Å². The molecule has 3 rings (SSSR count). The van der Waals surface area contributed by atoms with Crippen LogP contribution in [0.15, 0.2) is 59.5 Å². The number of likely N-dealkylation sites (N-methyl/N-ethyl adjacent to an activating group) is 1. The number of hydrogen-bond donors (Lipinski definition) is 0. The van der Waals surface area contributed by atoms with E-state index in [2.05, 4.69) is 0 Å². The van der Waals surface area contributed by atoms with E-state index in [0.717, 1.165) is 23.1 Å². The molecule has 0 aliphatic carbocycles. The van der Waals surface area contributed by atoms with Gasteiger partial charge in [-0.3, -0.25) is 14.5 Å². The Hall–Kier alpha value is -2.53. The van der Waals surface area contributed by atoms with Crippen molar-refractivity contribution in [3.63, 3.8) is 0 Å². The Morgan fingerprint density at radius 2 is 1.78 bits per heavy atom. The number of imide groups is 1. The fraction of sp³-hybridized carbons (Fsp3) is 0.111. The molecule has 116 valence electrons. The molecule has 0 spiro atoms. The summed E-state index contributed by atoms with van der Waals surface area (Å²) >= 11 is 0.969. The lowest BCUT2D eigenvalue weighted by Gasteiger charge is -2.07. The summed E-state index contributed by atoms with van der Waals surface area (Å²) in [6.07, 6.45) is 1.72. The first-order valence-electron chi connectivity index (χ1n) is 7.25. The van der Waals surface area contributed by atoms with E-state index in [0.29, 0.717) is 17.2 Å². The second kappa shape index (κ2) is 6.71. The van der Waals surface area contributed by atoms with Crippen LogP contribution in [0.2, 0.25) is 0 Å². The predicted molar refractivity (Wildman–Crippen MR) is 91.3 cm³/mol. The van der Waals surface area contributed by atoms with Gasteiger partial charge < -0.3 is 4.74 Å². The van der Waals surface area contributed by atoms with Crippen molar-refractivity contribution < 1.29 is 14.3 Å². The van der Waals surface area contributed by atoms with Crippen molar-refractivity contribution in [1.29, 1.82) is 0 Å². The summed E-state index contributed by atoms with van der Waals surface area (Å²) in [6, 6.07) is 16.9. The summed E-state index contributed by atoms with van der Waals surface area (Å²) in [5.74, 6) is 1.19. The Morgan fingerprint density at radius 3 is 2.48 bits per heavy atom. The minimum Gasteiger partial charge on any atom is -0.457 e. The molecule has 2 amide bonds. The lowest BCUT2D eigenvalue weighted by molar-refractivity contribution is -0.122. The van der Waals surface area contributed by atoms with Gasteiger partial charge in [-0.1, -0.05) is 30.3 Å². The van der Waals surface area contributed by atoms with Crippen LogP contribution >= 0.6 is 11.8 Å². The highest BCUT2D eigenvalue weighted by Gasteiger charge is 2.33. The number of benzene rings is 2. The highest BCUT2D eigenvalue weighted by Crippen LogP contribution is 2.32. The van der Waals surface area contributed by atoms with Crippen molar-refractivity contribution in [3.8, 4) is 11.5 Å². The van der Waals surface area contributed by atoms with Gasteiger partial charge in [0.1, 0.15) is 11.5 Å². The lowest BCUT2D eigenvalue weighted by Crippen LogP contribution is -2.27. The van der Waals surface area contributed by atoms with Gasteiger partial charge in [-0.2, -0.15) is 0 Å². The van der Waals surface area contributed by atoms with Crippen molar-refractivity contribution in [1.82, 2.24) is 4.90 Å². The van der Waals surface area contributed by atoms with Gasteiger partial charge in [-0.05, 0) is 54.6 Å². The van der Waals surface area contributed by atoms with Crippen LogP contribution in [0.4, 0.5) is 4.79 Å². The zero-order valence-electron chi connectivity index (χ0n) is 12.6. The number of rotatable bonds is 4. The van der Waals surface area contributed by atoms with Crippen LogP contribution < -0.4 is 4.74 Å². The molecule has 2 aromatic carbocycles. The van der Waals surface area contributed by atoms with Crippen molar-refractivity contribution in [3.05, 3.63) is 65.1 Å². The van der Waals surface area contributed by atoms with E-state index >= 15 is 0 Å². The van der Waals surface area contributed by atoms with Gasteiger partial charge in [0.25, 0.3) is 11.1 Å². The third-order valence-corrected chi connectivity index (χ3v) is 4.23. The molecule has 0 radical (unpaired) electrons. The number of carbonyl (C=O) groups excluding carboxylic acids is 2. The minimum atomic E-state index is -0.239. The summed E-state index contributed by atoms with van der Waals surface area (Å²) in [7, 11) is 0. The molecule has 23 heavy (non-hydrogen) atoms. The largest absolute Gasteiger partial charge is 0.457 e. The van der Waals surface area contributed by atoms with Gasteiger partial charge in [-0.25, -0.2) is 0 Å². The van der Waals surface area contributed by atoms with E-state index in [-0.39, 0.29) is 11.1 Å². The monoisotopic (exact) mass is 325 g/mol. The van der Waals surface area contributed by atoms with Crippen molar-refractivity contribution in [2.75, 3.05) is 6.54 Å². The van der Waals surface area contributed by atoms with Crippen LogP contribution in [0.3, 0.4) is 0 Å². The zero-order chi connectivity index (χ0) is 16.2. The van der Waals surface area contributed by atoms with E-state index in [4.69, 9.17) is 4.74 Å². The van der Waals surface area contributed by atoms with Gasteiger partial charge in [0, 0.05) is 6.54 Å². The summed E-state index contributed by atoms with van der Waals surface area (Å²) in [5.41, 5.74) is 0.819. The molecular weight excluding hydrogens is 310 g/mol. The van der Waals surface area contributed by atoms with Crippen LogP contribution in [0.5, 0.6) is 11.5 Å². The molecule has 0 N–H and O–H groups in total. The maximum Gasteiger partial charge on any atom is 0.293 e. The SMILES string of the molecule is CCN1C(=O)S/C(=C\c2cccc(Oc3ccccc3)c2)C1=O. The summed E-state index contributed by atoms with van der Waals surface area (Å²) < 4.78 is 5.78. The van der Waals surface area contributed by atoms with E-state index in [1.807, 2.05) is 54.6 Å². The number of nitrogens with zero attached hydrogens (tertiary/aromatic N) is 1. The number of ether oxygens (including phenoxy) is 1. The molecular formula is C18H15NO3S. The van der Waals surface area contributed by atoms with Crippen molar-refractivity contribution >= 4 is 29.0 Å². The fourth-order valence-corrected chi connectivity index (χ4v) is 3.12. The minimum absolute atomic E-state index is 0.222. The van der Waals surface area contributed by atoms with Gasteiger partial charge in [0.2, 0.25) is 0 Å². The van der Waals surface area contributed by atoms with E-state index in [1.165, 1.54) is 4.90 Å². The average Bonchev–Trinajstić information content (AvgIpc) is 2.82. The van der Waals surface area contributed by atoms with Gasteiger partial charge in [-0.15, -0.1) is 0 Å². The molecule has 0 atom stereocenters. The molecule has 0 bridgehead atoms. The first-order chi connectivity index (χ1) is 11.2. The summed E-state index contributed by atoms with van der Waals surface area (Å²) in [5, 5.41) is -0.222. The molecule has 1 aliphatic rings. The second-order valence-electron chi connectivity index (χ2n) is 4.91. The molecule has 0 aromatic heterocycles. The lowest BCUT2D eigenvalue weighted by atomic mass is 10.2. The molecule has 1 heterocycles. The van der Waals surface area contributed by atoms with Crippen molar-refractivity contribution in [2.45, 2.75) is 6.92 Å². The fourth-order valence-electron chi connectivity index (χ4n) is 2.22. The average molecular weight is 325 g/mol. The normalized spacial score (nSPS) is 16.2. The number of amides is 2. The molecule has 0 unspecified atom stereocenters. The Bertz CT molecular complexity index is 771. The Labute approximate surface area is 138 Å². The Balaban J connectivity index is 1.82. The quantitative estimate of drug-likeness (QED) is 0.775. The van der Waals surface area contributed by atoms with Gasteiger partial charge >= 0.3 is 0 Å². The second-order valence-corrected chi connectivity index (χ2v) is 5.91. The molecule has 1 aliphatic heterocycles. The van der Waals surface area contributed by atoms with E-state index < -0.39 is 0 Å². The third kappa shape index (κ3) is 3.46. The molecule has 0 saturated carbocycles. The number of thioether (sulfide) groups is 1.